The van der Waals surface area contributed by atoms with E-state index in [1.807, 2.05) is 0 Å². The lowest BCUT2D eigenvalue weighted by Gasteiger charge is -2.18. The van der Waals surface area contributed by atoms with Crippen LogP contribution in [0.25, 0.3) is 0 Å². The topological polar surface area (TPSA) is 78.9 Å². The SMILES string of the molecule is CC/C=C\C/C=C\C/C=C\C/C=C\C/C=C\C/C=C\C/C=C\C/C=C\CCCCC(=O)OC(COC(=O)CCCCCCC)COC(=O)CCCCCCCCCCCCCCCCCCCC/C=C\C/C=C\C/C=C\CCCCCCC. The highest BCUT2D eigenvalue weighted by atomic mass is 16.6. The maximum atomic E-state index is 12.8. The van der Waals surface area contributed by atoms with Gasteiger partial charge in [0.25, 0.3) is 0 Å². The van der Waals surface area contributed by atoms with E-state index in [1.165, 1.54) is 141 Å². The Morgan fingerprint density at radius 3 is 0.759 bits per heavy atom. The summed E-state index contributed by atoms with van der Waals surface area (Å²) in [5.74, 6) is -0.951. The number of carbonyl (C=O) groups is 3. The molecule has 0 aliphatic rings. The molecule has 1 atom stereocenters. The maximum Gasteiger partial charge on any atom is 0.306 e. The number of hydrogen-bond donors (Lipinski definition) is 0. The normalized spacial score (nSPS) is 13.0. The molecule has 0 rings (SSSR count). The van der Waals surface area contributed by atoms with Gasteiger partial charge >= 0.3 is 17.9 Å². The number of esters is 3. The molecular weight excluding hydrogens is 1020 g/mol. The van der Waals surface area contributed by atoms with Gasteiger partial charge in [0.1, 0.15) is 13.2 Å². The van der Waals surface area contributed by atoms with E-state index in [9.17, 15) is 14.4 Å². The van der Waals surface area contributed by atoms with Gasteiger partial charge in [0.15, 0.2) is 6.10 Å². The molecule has 0 bridgehead atoms. The molecule has 6 nitrogen and oxygen atoms in total. The second-order valence-electron chi connectivity index (χ2n) is 22.7. The van der Waals surface area contributed by atoms with Gasteiger partial charge in [-0.25, -0.2) is 0 Å². The Kier molecular flexibility index (Phi) is 66.3. The third-order valence-electron chi connectivity index (χ3n) is 14.6. The molecule has 0 radical (unpaired) electrons. The summed E-state index contributed by atoms with van der Waals surface area (Å²) in [6, 6.07) is 0. The van der Waals surface area contributed by atoms with Crippen molar-refractivity contribution >= 4 is 17.9 Å². The first kappa shape index (κ1) is 78.5. The lowest BCUT2D eigenvalue weighted by molar-refractivity contribution is -0.167. The van der Waals surface area contributed by atoms with E-state index in [0.29, 0.717) is 19.3 Å². The predicted octanol–water partition coefficient (Wildman–Crippen LogP) is 24.1. The molecule has 0 amide bonds. The predicted molar refractivity (Wildman–Crippen MR) is 362 cm³/mol. The first-order valence-corrected chi connectivity index (χ1v) is 34.7. The molecule has 1 unspecified atom stereocenters. The third kappa shape index (κ3) is 68.2. The van der Waals surface area contributed by atoms with E-state index < -0.39 is 6.10 Å². The van der Waals surface area contributed by atoms with Crippen LogP contribution in [0.4, 0.5) is 0 Å². The second-order valence-corrected chi connectivity index (χ2v) is 22.7. The first-order chi connectivity index (χ1) is 41.0. The molecule has 0 saturated heterocycles. The lowest BCUT2D eigenvalue weighted by atomic mass is 10.0. The summed E-state index contributed by atoms with van der Waals surface area (Å²) in [4.78, 5) is 38.0. The van der Waals surface area contributed by atoms with Crippen molar-refractivity contribution in [2.45, 2.75) is 322 Å². The smallest absolute Gasteiger partial charge is 0.306 e. The Bertz CT molecular complexity index is 1750. The van der Waals surface area contributed by atoms with Crippen molar-refractivity contribution in [1.29, 1.82) is 0 Å². The largest absolute Gasteiger partial charge is 0.462 e. The summed E-state index contributed by atoms with van der Waals surface area (Å²) in [5, 5.41) is 0. The minimum Gasteiger partial charge on any atom is -0.462 e. The van der Waals surface area contributed by atoms with Gasteiger partial charge in [-0.15, -0.1) is 0 Å². The molecule has 0 saturated carbocycles. The number of ether oxygens (including phenoxy) is 3. The summed E-state index contributed by atoms with van der Waals surface area (Å²) in [6.07, 6.45) is 99.6. The van der Waals surface area contributed by atoms with Crippen LogP contribution in [0.2, 0.25) is 0 Å². The minimum atomic E-state index is -0.802. The molecule has 0 aromatic carbocycles. The molecule has 6 heteroatoms. The zero-order chi connectivity index (χ0) is 59.9. The van der Waals surface area contributed by atoms with Crippen LogP contribution in [-0.2, 0) is 28.6 Å². The molecule has 0 spiro atoms. The highest BCUT2D eigenvalue weighted by Gasteiger charge is 2.19. The fourth-order valence-electron chi connectivity index (χ4n) is 9.47. The molecule has 0 heterocycles. The van der Waals surface area contributed by atoms with Gasteiger partial charge in [-0.3, -0.25) is 14.4 Å². The van der Waals surface area contributed by atoms with Crippen LogP contribution in [0.5, 0.6) is 0 Å². The highest BCUT2D eigenvalue weighted by molar-refractivity contribution is 5.71. The fraction of sp³-hybridized carbons (Fsp3) is 0.675. The van der Waals surface area contributed by atoms with Crippen LogP contribution < -0.4 is 0 Å². The molecule has 0 aromatic rings. The van der Waals surface area contributed by atoms with Crippen LogP contribution in [-0.4, -0.2) is 37.2 Å². The van der Waals surface area contributed by atoms with Gasteiger partial charge in [-0.1, -0.05) is 309 Å². The standard InChI is InChI=1S/C77H128O6/c1-4-7-10-13-15-17-19-21-23-25-27-29-31-33-35-36-37-38-39-40-42-43-45-47-49-51-53-55-57-59-61-64-67-70-76(79)82-73-74(72-81-75(78)69-66-63-12-9-6-3)83-77(80)71-68-65-62-60-58-56-54-52-50-48-46-44-41-34-32-30-28-26-24-22-20-18-16-14-11-8-5-2/h8,11,16,18-19,21-22,24-25,27-28,30-31,33-34,41,46,48,52,54,58,60,74H,4-7,9-10,12-15,17,20,23,26,29,32,35-40,42-45,47,49-51,53,55-57,59,61-73H2,1-3H3/b11-8-,18-16-,21-19-,24-22-,27-25-,30-28-,33-31-,41-34-,48-46-,54-52-,60-58-. The van der Waals surface area contributed by atoms with Gasteiger partial charge in [-0.2, -0.15) is 0 Å². The zero-order valence-corrected chi connectivity index (χ0v) is 54.2. The third-order valence-corrected chi connectivity index (χ3v) is 14.6. The average Bonchev–Trinajstić information content (AvgIpc) is 3.49. The Hall–Kier alpha value is -4.45. The molecule has 0 aliphatic heterocycles. The van der Waals surface area contributed by atoms with Crippen LogP contribution in [0, 0.1) is 0 Å². The molecule has 83 heavy (non-hydrogen) atoms. The fourth-order valence-corrected chi connectivity index (χ4v) is 9.47. The Labute approximate surface area is 513 Å². The Balaban J connectivity index is 4.06. The van der Waals surface area contributed by atoms with Crippen molar-refractivity contribution in [2.75, 3.05) is 13.2 Å². The second kappa shape index (κ2) is 70.0. The van der Waals surface area contributed by atoms with Crippen LogP contribution in [0.15, 0.2) is 134 Å². The quantitative estimate of drug-likeness (QED) is 0.0261. The first-order valence-electron chi connectivity index (χ1n) is 34.7. The van der Waals surface area contributed by atoms with Crippen LogP contribution in [0.3, 0.4) is 0 Å². The van der Waals surface area contributed by atoms with Gasteiger partial charge in [-0.05, 0) is 122 Å². The Morgan fingerprint density at radius 2 is 0.470 bits per heavy atom. The van der Waals surface area contributed by atoms with Crippen molar-refractivity contribution in [3.8, 4) is 0 Å². The lowest BCUT2D eigenvalue weighted by Crippen LogP contribution is -2.30. The number of allylic oxidation sites excluding steroid dienone is 22. The monoisotopic (exact) mass is 1150 g/mol. The summed E-state index contributed by atoms with van der Waals surface area (Å²) >= 11 is 0. The van der Waals surface area contributed by atoms with E-state index in [4.69, 9.17) is 14.2 Å². The van der Waals surface area contributed by atoms with Gasteiger partial charge in [0, 0.05) is 19.3 Å². The van der Waals surface area contributed by atoms with Crippen LogP contribution in [0.1, 0.15) is 316 Å². The number of hydrogen-bond acceptors (Lipinski definition) is 6. The summed E-state index contributed by atoms with van der Waals surface area (Å²) in [7, 11) is 0. The molecule has 0 aromatic heterocycles. The molecule has 0 N–H and O–H groups in total. The van der Waals surface area contributed by atoms with Crippen molar-refractivity contribution in [3.05, 3.63) is 134 Å². The van der Waals surface area contributed by atoms with E-state index >= 15 is 0 Å². The van der Waals surface area contributed by atoms with E-state index in [-0.39, 0.29) is 37.5 Å². The van der Waals surface area contributed by atoms with Crippen molar-refractivity contribution in [1.82, 2.24) is 0 Å². The van der Waals surface area contributed by atoms with Gasteiger partial charge in [0.05, 0.1) is 0 Å². The van der Waals surface area contributed by atoms with E-state index in [2.05, 4.69) is 154 Å². The minimum absolute atomic E-state index is 0.0970. The van der Waals surface area contributed by atoms with Crippen molar-refractivity contribution < 1.29 is 28.6 Å². The van der Waals surface area contributed by atoms with Gasteiger partial charge < -0.3 is 14.2 Å². The Morgan fingerprint density at radius 1 is 0.253 bits per heavy atom. The maximum absolute atomic E-state index is 12.8. The summed E-state index contributed by atoms with van der Waals surface area (Å²) in [5.41, 5.74) is 0. The molecule has 0 aliphatic carbocycles. The zero-order valence-electron chi connectivity index (χ0n) is 54.2. The molecular formula is C77H128O6. The van der Waals surface area contributed by atoms with Gasteiger partial charge in [0.2, 0.25) is 0 Å². The molecule has 472 valence electrons. The highest BCUT2D eigenvalue weighted by Crippen LogP contribution is 2.16. The van der Waals surface area contributed by atoms with Crippen molar-refractivity contribution in [3.63, 3.8) is 0 Å². The molecule has 0 fully saturated rings. The number of rotatable bonds is 62. The number of unbranched alkanes of at least 4 members (excludes halogenated alkanes) is 29. The summed E-state index contributed by atoms with van der Waals surface area (Å²) in [6.45, 7) is 6.41. The van der Waals surface area contributed by atoms with Crippen LogP contribution >= 0.6 is 0 Å². The number of carbonyl (C=O) groups excluding carboxylic acids is 3. The van der Waals surface area contributed by atoms with E-state index in [0.717, 1.165) is 128 Å². The van der Waals surface area contributed by atoms with E-state index in [1.54, 1.807) is 0 Å². The average molecular weight is 1150 g/mol. The van der Waals surface area contributed by atoms with Crippen molar-refractivity contribution in [2.24, 2.45) is 0 Å². The summed E-state index contributed by atoms with van der Waals surface area (Å²) < 4.78 is 16.8.